The van der Waals surface area contributed by atoms with E-state index in [0.29, 0.717) is 49.6 Å². The average molecular weight is 410 g/mol. The van der Waals surface area contributed by atoms with Crippen molar-refractivity contribution in [2.24, 2.45) is 29.6 Å². The number of amides is 1. The van der Waals surface area contributed by atoms with E-state index in [2.05, 4.69) is 19.6 Å². The number of hydrogen-bond acceptors (Lipinski definition) is 5. The standard InChI is InChI=1S/C22H35NO4S/c1-22(18-5-4-17-3-2-16(12-18)13-19(17)22)27-21(25)23-8-6-15(7-9-23)14-20(24)26-10-11-28/h15-19,28H,2-14H2,1H3. The van der Waals surface area contributed by atoms with Crippen molar-refractivity contribution < 1.29 is 19.1 Å². The summed E-state index contributed by atoms with van der Waals surface area (Å²) in [5.41, 5.74) is -0.273. The fourth-order valence-corrected chi connectivity index (χ4v) is 6.62. The highest BCUT2D eigenvalue weighted by Crippen LogP contribution is 2.58. The van der Waals surface area contributed by atoms with Crippen LogP contribution in [0.4, 0.5) is 4.79 Å². The van der Waals surface area contributed by atoms with Gasteiger partial charge in [0.05, 0.1) is 0 Å². The molecule has 5 atom stereocenters. The molecule has 4 rings (SSSR count). The maximum absolute atomic E-state index is 13.0. The summed E-state index contributed by atoms with van der Waals surface area (Å²) in [7, 11) is 0. The fraction of sp³-hybridized carbons (Fsp3) is 0.909. The van der Waals surface area contributed by atoms with Crippen LogP contribution in [0.15, 0.2) is 0 Å². The maximum Gasteiger partial charge on any atom is 0.410 e. The van der Waals surface area contributed by atoms with Crippen LogP contribution in [0, 0.1) is 29.6 Å². The topological polar surface area (TPSA) is 55.8 Å². The largest absolute Gasteiger partial charge is 0.465 e. The number of likely N-dealkylation sites (tertiary alicyclic amines) is 1. The molecule has 158 valence electrons. The van der Waals surface area contributed by atoms with Crippen molar-refractivity contribution in [3.8, 4) is 0 Å². The number of piperidine rings is 1. The van der Waals surface area contributed by atoms with Gasteiger partial charge in [-0.2, -0.15) is 12.6 Å². The summed E-state index contributed by atoms with van der Waals surface area (Å²) in [6.07, 6.45) is 9.75. The molecule has 1 amide bonds. The number of ether oxygens (including phenoxy) is 2. The second-order valence-corrected chi connectivity index (χ2v) is 10.1. The third kappa shape index (κ3) is 4.03. The molecule has 1 aliphatic heterocycles. The molecule has 5 unspecified atom stereocenters. The van der Waals surface area contributed by atoms with Gasteiger partial charge >= 0.3 is 12.1 Å². The van der Waals surface area contributed by atoms with Gasteiger partial charge in [0.1, 0.15) is 12.2 Å². The zero-order chi connectivity index (χ0) is 19.7. The Balaban J connectivity index is 1.30. The van der Waals surface area contributed by atoms with Crippen molar-refractivity contribution in [2.45, 2.75) is 70.3 Å². The lowest BCUT2D eigenvalue weighted by Gasteiger charge is -2.58. The zero-order valence-electron chi connectivity index (χ0n) is 17.1. The number of carbonyl (C=O) groups excluding carboxylic acids is 2. The summed E-state index contributed by atoms with van der Waals surface area (Å²) in [5, 5.41) is 0. The summed E-state index contributed by atoms with van der Waals surface area (Å²) < 4.78 is 11.4. The molecule has 1 heterocycles. The summed E-state index contributed by atoms with van der Waals surface area (Å²) in [6.45, 7) is 3.95. The van der Waals surface area contributed by atoms with E-state index in [9.17, 15) is 9.59 Å². The minimum Gasteiger partial charge on any atom is -0.465 e. The Hall–Kier alpha value is -0.910. The van der Waals surface area contributed by atoms with Crippen LogP contribution in [0.3, 0.4) is 0 Å². The molecule has 0 radical (unpaired) electrons. The van der Waals surface area contributed by atoms with Crippen molar-refractivity contribution >= 4 is 24.7 Å². The van der Waals surface area contributed by atoms with Crippen LogP contribution < -0.4 is 0 Å². The van der Waals surface area contributed by atoms with Crippen molar-refractivity contribution in [3.05, 3.63) is 0 Å². The summed E-state index contributed by atoms with van der Waals surface area (Å²) in [6, 6.07) is 0. The van der Waals surface area contributed by atoms with Gasteiger partial charge in [-0.15, -0.1) is 0 Å². The predicted molar refractivity (Wildman–Crippen MR) is 110 cm³/mol. The highest BCUT2D eigenvalue weighted by molar-refractivity contribution is 7.80. The van der Waals surface area contributed by atoms with E-state index in [1.165, 1.54) is 38.5 Å². The maximum atomic E-state index is 13.0. The zero-order valence-corrected chi connectivity index (χ0v) is 18.0. The molecule has 0 spiro atoms. The molecule has 3 bridgehead atoms. The minimum absolute atomic E-state index is 0.131. The molecule has 3 aliphatic carbocycles. The monoisotopic (exact) mass is 409 g/mol. The number of esters is 1. The van der Waals surface area contributed by atoms with E-state index in [1.807, 2.05) is 4.90 Å². The van der Waals surface area contributed by atoms with Gasteiger partial charge in [-0.3, -0.25) is 4.79 Å². The number of carbonyl (C=O) groups is 2. The Labute approximate surface area is 174 Å². The SMILES string of the molecule is CC1(OC(=O)N2CCC(CC(=O)OCCS)CC2)C2CCC3CCC(C2)CC31. The van der Waals surface area contributed by atoms with E-state index >= 15 is 0 Å². The molecule has 3 saturated carbocycles. The van der Waals surface area contributed by atoms with Crippen LogP contribution in [0.2, 0.25) is 0 Å². The molecule has 4 fully saturated rings. The van der Waals surface area contributed by atoms with Crippen LogP contribution in [0.5, 0.6) is 0 Å². The first kappa shape index (κ1) is 20.4. The molecule has 5 nitrogen and oxygen atoms in total. The molecule has 28 heavy (non-hydrogen) atoms. The van der Waals surface area contributed by atoms with E-state index in [1.54, 1.807) is 0 Å². The van der Waals surface area contributed by atoms with Crippen LogP contribution >= 0.6 is 12.6 Å². The smallest absolute Gasteiger partial charge is 0.410 e. The van der Waals surface area contributed by atoms with Gasteiger partial charge in [0.25, 0.3) is 0 Å². The van der Waals surface area contributed by atoms with Crippen LogP contribution in [0.1, 0.15) is 64.7 Å². The molecule has 6 heteroatoms. The number of nitrogens with zero attached hydrogens (tertiary/aromatic N) is 1. The lowest BCUT2D eigenvalue weighted by atomic mass is 9.51. The Bertz CT molecular complexity index is 587. The van der Waals surface area contributed by atoms with E-state index in [0.717, 1.165) is 24.7 Å². The van der Waals surface area contributed by atoms with Gasteiger partial charge in [-0.05, 0) is 75.5 Å². The Morgan fingerprint density at radius 2 is 1.82 bits per heavy atom. The average Bonchev–Trinajstić information content (AvgIpc) is 2.66. The van der Waals surface area contributed by atoms with Crippen LogP contribution in [0.25, 0.3) is 0 Å². The first-order chi connectivity index (χ1) is 13.5. The van der Waals surface area contributed by atoms with Crippen molar-refractivity contribution in [1.29, 1.82) is 0 Å². The van der Waals surface area contributed by atoms with Crippen LogP contribution in [-0.2, 0) is 14.3 Å². The summed E-state index contributed by atoms with van der Waals surface area (Å²) >= 11 is 4.06. The van der Waals surface area contributed by atoms with Gasteiger partial charge in [0.2, 0.25) is 0 Å². The van der Waals surface area contributed by atoms with E-state index in [4.69, 9.17) is 9.47 Å². The molecule has 0 N–H and O–H groups in total. The molecule has 4 aliphatic rings. The minimum atomic E-state index is -0.273. The predicted octanol–water partition coefficient (Wildman–Crippen LogP) is 4.30. The fourth-order valence-electron chi connectivity index (χ4n) is 6.53. The number of hydrogen-bond donors (Lipinski definition) is 1. The number of thiol groups is 1. The van der Waals surface area contributed by atoms with Gasteiger partial charge in [-0.25, -0.2) is 4.79 Å². The highest BCUT2D eigenvalue weighted by atomic mass is 32.1. The van der Waals surface area contributed by atoms with E-state index in [-0.39, 0.29) is 17.7 Å². The third-order valence-electron chi connectivity index (χ3n) is 8.14. The Morgan fingerprint density at radius 3 is 2.57 bits per heavy atom. The second kappa shape index (κ2) is 8.45. The lowest BCUT2D eigenvalue weighted by molar-refractivity contribution is -0.166. The molecular weight excluding hydrogens is 374 g/mol. The normalized spacial score (nSPS) is 37.6. The summed E-state index contributed by atoms with van der Waals surface area (Å²) in [4.78, 5) is 26.7. The molecule has 0 aromatic rings. The quantitative estimate of drug-likeness (QED) is 0.543. The highest BCUT2D eigenvalue weighted by Gasteiger charge is 2.57. The van der Waals surface area contributed by atoms with Crippen molar-refractivity contribution in [3.63, 3.8) is 0 Å². The third-order valence-corrected chi connectivity index (χ3v) is 8.32. The van der Waals surface area contributed by atoms with E-state index < -0.39 is 0 Å². The molecule has 0 aromatic heterocycles. The molecule has 1 saturated heterocycles. The van der Waals surface area contributed by atoms with Crippen molar-refractivity contribution in [1.82, 2.24) is 4.90 Å². The Morgan fingerprint density at radius 1 is 1.07 bits per heavy atom. The van der Waals surface area contributed by atoms with Crippen molar-refractivity contribution in [2.75, 3.05) is 25.4 Å². The first-order valence-corrected chi connectivity index (χ1v) is 11.9. The van der Waals surface area contributed by atoms with Gasteiger partial charge in [0.15, 0.2) is 0 Å². The van der Waals surface area contributed by atoms with Gasteiger partial charge < -0.3 is 14.4 Å². The van der Waals surface area contributed by atoms with Crippen LogP contribution in [-0.4, -0.2) is 48.0 Å². The number of rotatable bonds is 5. The molecule has 0 aromatic carbocycles. The summed E-state index contributed by atoms with van der Waals surface area (Å²) in [5.74, 6) is 3.41. The second-order valence-electron chi connectivity index (χ2n) is 9.69. The van der Waals surface area contributed by atoms with Gasteiger partial charge in [0, 0.05) is 31.2 Å². The van der Waals surface area contributed by atoms with Gasteiger partial charge in [-0.1, -0.05) is 6.42 Å². The molecular formula is C22H35NO4S. The first-order valence-electron chi connectivity index (χ1n) is 11.2. The lowest BCUT2D eigenvalue weighted by Crippen LogP contribution is -2.59. The number of fused-ring (bicyclic) bond motifs is 2. The Kier molecular flexibility index (Phi) is 6.15.